The van der Waals surface area contributed by atoms with Crippen molar-refractivity contribution in [2.45, 2.75) is 9.79 Å². The molecule has 0 bridgehead atoms. The standard InChI is InChI=1S/C11H8N2O3S/c14-8-1-3-9(4-2-8)17-11-5-6-12-7-10(11)13(15)16/h1-7,14H. The van der Waals surface area contributed by atoms with Crippen LogP contribution in [0.25, 0.3) is 0 Å². The Labute approximate surface area is 101 Å². The molecule has 2 aromatic rings. The summed E-state index contributed by atoms with van der Waals surface area (Å²) in [4.78, 5) is 15.4. The lowest BCUT2D eigenvalue weighted by atomic mass is 10.3. The van der Waals surface area contributed by atoms with Crippen LogP contribution in [0.15, 0.2) is 52.5 Å². The first kappa shape index (κ1) is 11.4. The van der Waals surface area contributed by atoms with E-state index >= 15 is 0 Å². The third-order valence-electron chi connectivity index (χ3n) is 2.02. The fourth-order valence-electron chi connectivity index (χ4n) is 1.24. The molecule has 0 unspecified atom stereocenters. The summed E-state index contributed by atoms with van der Waals surface area (Å²) >= 11 is 1.26. The lowest BCUT2D eigenvalue weighted by molar-refractivity contribution is -0.388. The van der Waals surface area contributed by atoms with Crippen LogP contribution < -0.4 is 0 Å². The molecule has 1 heterocycles. The van der Waals surface area contributed by atoms with Gasteiger partial charge < -0.3 is 5.11 Å². The highest BCUT2D eigenvalue weighted by Gasteiger charge is 2.14. The summed E-state index contributed by atoms with van der Waals surface area (Å²) in [5.41, 5.74) is -0.0226. The third-order valence-corrected chi connectivity index (χ3v) is 3.10. The molecule has 2 rings (SSSR count). The first-order valence-corrected chi connectivity index (χ1v) is 5.54. The van der Waals surface area contributed by atoms with E-state index in [4.69, 9.17) is 5.11 Å². The summed E-state index contributed by atoms with van der Waals surface area (Å²) in [6, 6.07) is 8.06. The number of rotatable bonds is 3. The molecule has 6 heteroatoms. The van der Waals surface area contributed by atoms with Crippen molar-refractivity contribution in [2.75, 3.05) is 0 Å². The predicted octanol–water partition coefficient (Wildman–Crippen LogP) is 2.85. The summed E-state index contributed by atoms with van der Waals surface area (Å²) in [6.07, 6.45) is 2.73. The third kappa shape index (κ3) is 2.73. The van der Waals surface area contributed by atoms with Crippen LogP contribution in [0.3, 0.4) is 0 Å². The Kier molecular flexibility index (Phi) is 3.24. The molecule has 0 amide bonds. The Balaban J connectivity index is 2.30. The minimum Gasteiger partial charge on any atom is -0.508 e. The highest BCUT2D eigenvalue weighted by Crippen LogP contribution is 2.34. The topological polar surface area (TPSA) is 76.3 Å². The average molecular weight is 248 g/mol. The zero-order valence-electron chi connectivity index (χ0n) is 8.61. The Hall–Kier alpha value is -2.08. The van der Waals surface area contributed by atoms with Gasteiger partial charge in [0.1, 0.15) is 11.9 Å². The maximum absolute atomic E-state index is 10.8. The quantitative estimate of drug-likeness (QED) is 0.667. The van der Waals surface area contributed by atoms with Gasteiger partial charge in [-0.3, -0.25) is 15.1 Å². The first-order chi connectivity index (χ1) is 8.16. The van der Waals surface area contributed by atoms with Gasteiger partial charge in [0.05, 0.1) is 9.82 Å². The van der Waals surface area contributed by atoms with Gasteiger partial charge in [0.15, 0.2) is 0 Å². The number of nitro groups is 1. The molecule has 1 N–H and O–H groups in total. The van der Waals surface area contributed by atoms with E-state index in [-0.39, 0.29) is 11.4 Å². The van der Waals surface area contributed by atoms with Crippen LogP contribution in [0, 0.1) is 10.1 Å². The Morgan fingerprint density at radius 2 is 1.94 bits per heavy atom. The number of phenols is 1. The van der Waals surface area contributed by atoms with Crippen molar-refractivity contribution in [3.05, 3.63) is 52.8 Å². The molecule has 5 nitrogen and oxygen atoms in total. The van der Waals surface area contributed by atoms with Crippen LogP contribution >= 0.6 is 11.8 Å². The van der Waals surface area contributed by atoms with Crippen LogP contribution in [0.1, 0.15) is 0 Å². The lowest BCUT2D eigenvalue weighted by Crippen LogP contribution is -1.91. The molecule has 0 aliphatic rings. The maximum atomic E-state index is 10.8. The molecule has 0 aliphatic heterocycles. The van der Waals surface area contributed by atoms with E-state index in [1.165, 1.54) is 36.3 Å². The molecule has 0 radical (unpaired) electrons. The van der Waals surface area contributed by atoms with Gasteiger partial charge in [-0.2, -0.15) is 0 Å². The monoisotopic (exact) mass is 248 g/mol. The minimum atomic E-state index is -0.463. The average Bonchev–Trinajstić information content (AvgIpc) is 2.32. The Morgan fingerprint density at radius 1 is 1.24 bits per heavy atom. The fourth-order valence-corrected chi connectivity index (χ4v) is 2.12. The molecule has 1 aromatic carbocycles. The number of nitrogens with zero attached hydrogens (tertiary/aromatic N) is 2. The van der Waals surface area contributed by atoms with E-state index in [2.05, 4.69) is 4.98 Å². The largest absolute Gasteiger partial charge is 0.508 e. The van der Waals surface area contributed by atoms with Crippen LogP contribution in [-0.4, -0.2) is 15.0 Å². The van der Waals surface area contributed by atoms with Crippen molar-refractivity contribution in [3.63, 3.8) is 0 Å². The van der Waals surface area contributed by atoms with E-state index in [9.17, 15) is 10.1 Å². The van der Waals surface area contributed by atoms with Gasteiger partial charge in [-0.05, 0) is 30.3 Å². The normalized spacial score (nSPS) is 10.1. The summed E-state index contributed by atoms with van der Waals surface area (Å²) in [7, 11) is 0. The molecule has 0 spiro atoms. The van der Waals surface area contributed by atoms with Crippen molar-refractivity contribution >= 4 is 17.4 Å². The number of aromatic nitrogens is 1. The van der Waals surface area contributed by atoms with Gasteiger partial charge in [0, 0.05) is 11.1 Å². The van der Waals surface area contributed by atoms with Crippen LogP contribution in [-0.2, 0) is 0 Å². The van der Waals surface area contributed by atoms with Crippen LogP contribution in [0.2, 0.25) is 0 Å². The maximum Gasteiger partial charge on any atom is 0.301 e. The number of hydrogen-bond donors (Lipinski definition) is 1. The predicted molar refractivity (Wildman–Crippen MR) is 63.1 cm³/mol. The lowest BCUT2D eigenvalue weighted by Gasteiger charge is -2.02. The molecule has 0 saturated carbocycles. The number of hydrogen-bond acceptors (Lipinski definition) is 5. The van der Waals surface area contributed by atoms with Crippen LogP contribution in [0.5, 0.6) is 5.75 Å². The summed E-state index contributed by atoms with van der Waals surface area (Å²) in [6.45, 7) is 0. The molecule has 0 fully saturated rings. The van der Waals surface area contributed by atoms with Gasteiger partial charge in [-0.25, -0.2) is 0 Å². The number of phenolic OH excluding ortho intramolecular Hbond substituents is 1. The highest BCUT2D eigenvalue weighted by molar-refractivity contribution is 7.99. The van der Waals surface area contributed by atoms with Gasteiger partial charge in [-0.1, -0.05) is 11.8 Å². The smallest absolute Gasteiger partial charge is 0.301 e. The van der Waals surface area contributed by atoms with E-state index in [0.717, 1.165) is 4.90 Å². The second-order valence-corrected chi connectivity index (χ2v) is 4.31. The number of benzene rings is 1. The van der Waals surface area contributed by atoms with Crippen molar-refractivity contribution in [1.29, 1.82) is 0 Å². The zero-order chi connectivity index (χ0) is 12.3. The van der Waals surface area contributed by atoms with Gasteiger partial charge in [0.2, 0.25) is 0 Å². The van der Waals surface area contributed by atoms with Crippen molar-refractivity contribution in [2.24, 2.45) is 0 Å². The van der Waals surface area contributed by atoms with E-state index in [0.29, 0.717) is 4.90 Å². The molecule has 0 atom stereocenters. The second-order valence-electron chi connectivity index (χ2n) is 3.20. The van der Waals surface area contributed by atoms with Crippen molar-refractivity contribution < 1.29 is 10.0 Å². The molecular formula is C11H8N2O3S. The van der Waals surface area contributed by atoms with E-state index in [1.54, 1.807) is 18.2 Å². The zero-order valence-corrected chi connectivity index (χ0v) is 9.42. The van der Waals surface area contributed by atoms with E-state index in [1.807, 2.05) is 0 Å². The molecule has 0 saturated heterocycles. The molecular weight excluding hydrogens is 240 g/mol. The Bertz CT molecular complexity index is 543. The number of pyridine rings is 1. The minimum absolute atomic E-state index is 0.0226. The Morgan fingerprint density at radius 3 is 2.59 bits per heavy atom. The van der Waals surface area contributed by atoms with Gasteiger partial charge in [-0.15, -0.1) is 0 Å². The fraction of sp³-hybridized carbons (Fsp3) is 0. The molecule has 0 aliphatic carbocycles. The SMILES string of the molecule is O=[N+]([O-])c1cnccc1Sc1ccc(O)cc1. The van der Waals surface area contributed by atoms with Crippen LogP contribution in [0.4, 0.5) is 5.69 Å². The van der Waals surface area contributed by atoms with Gasteiger partial charge >= 0.3 is 5.69 Å². The molecule has 86 valence electrons. The number of aromatic hydroxyl groups is 1. The molecule has 1 aromatic heterocycles. The first-order valence-electron chi connectivity index (χ1n) is 4.72. The van der Waals surface area contributed by atoms with Crippen molar-refractivity contribution in [3.8, 4) is 5.75 Å². The van der Waals surface area contributed by atoms with Crippen molar-refractivity contribution in [1.82, 2.24) is 4.98 Å². The highest BCUT2D eigenvalue weighted by atomic mass is 32.2. The van der Waals surface area contributed by atoms with E-state index < -0.39 is 4.92 Å². The summed E-state index contributed by atoms with van der Waals surface area (Å²) in [5.74, 6) is 0.165. The van der Waals surface area contributed by atoms with Gasteiger partial charge in [0.25, 0.3) is 0 Å². The molecule has 17 heavy (non-hydrogen) atoms. The summed E-state index contributed by atoms with van der Waals surface area (Å²) in [5, 5.41) is 19.9. The summed E-state index contributed by atoms with van der Waals surface area (Å²) < 4.78 is 0. The second kappa shape index (κ2) is 4.84.